The molecule has 1 aliphatic heterocycles. The van der Waals surface area contributed by atoms with Gasteiger partial charge in [0.1, 0.15) is 6.04 Å². The summed E-state index contributed by atoms with van der Waals surface area (Å²) in [6, 6.07) is 12.0. The van der Waals surface area contributed by atoms with Crippen molar-refractivity contribution in [3.63, 3.8) is 0 Å². The molecule has 2 aromatic carbocycles. The van der Waals surface area contributed by atoms with E-state index in [9.17, 15) is 19.2 Å². The summed E-state index contributed by atoms with van der Waals surface area (Å²) in [5.41, 5.74) is 1.56. The van der Waals surface area contributed by atoms with E-state index in [1.807, 2.05) is 0 Å². The van der Waals surface area contributed by atoms with Crippen LogP contribution < -0.4 is 21.3 Å². The van der Waals surface area contributed by atoms with Gasteiger partial charge in [0, 0.05) is 18.3 Å². The molecule has 8 nitrogen and oxygen atoms in total. The minimum Gasteiger partial charge on any atom is -0.355 e. The maximum Gasteiger partial charge on any atom is 0.254 e. The summed E-state index contributed by atoms with van der Waals surface area (Å²) >= 11 is 0. The molecule has 138 valence electrons. The highest BCUT2D eigenvalue weighted by atomic mass is 16.2. The number of amides is 4. The van der Waals surface area contributed by atoms with E-state index in [-0.39, 0.29) is 12.3 Å². The maximum atomic E-state index is 12.3. The molecule has 0 radical (unpaired) electrons. The predicted molar refractivity (Wildman–Crippen MR) is 99.4 cm³/mol. The predicted octanol–water partition coefficient (Wildman–Crippen LogP) is 1.13. The molecule has 4 amide bonds. The zero-order valence-corrected chi connectivity index (χ0v) is 14.5. The van der Waals surface area contributed by atoms with Crippen LogP contribution in [0.4, 0.5) is 11.4 Å². The van der Waals surface area contributed by atoms with Crippen LogP contribution in [0.5, 0.6) is 0 Å². The molecule has 0 saturated carbocycles. The van der Waals surface area contributed by atoms with Crippen LogP contribution in [0.1, 0.15) is 27.1 Å². The van der Waals surface area contributed by atoms with Crippen molar-refractivity contribution in [2.75, 3.05) is 17.7 Å². The average Bonchev–Trinajstić information content (AvgIpc) is 2.78. The summed E-state index contributed by atoms with van der Waals surface area (Å²) in [6.07, 6.45) is -0.240. The highest BCUT2D eigenvalue weighted by Gasteiger charge is 2.29. The smallest absolute Gasteiger partial charge is 0.254 e. The van der Waals surface area contributed by atoms with E-state index in [0.29, 0.717) is 22.5 Å². The SMILES string of the molecule is CNC(=O)c1cccc(NC(=O)CC2NC(=O)c3ccccc3NC2=O)c1. The zero-order chi connectivity index (χ0) is 19.4. The van der Waals surface area contributed by atoms with Crippen molar-refractivity contribution in [1.82, 2.24) is 10.6 Å². The Hall–Kier alpha value is -3.68. The Morgan fingerprint density at radius 2 is 1.85 bits per heavy atom. The second-order valence-corrected chi connectivity index (χ2v) is 5.97. The van der Waals surface area contributed by atoms with Gasteiger partial charge < -0.3 is 21.3 Å². The molecule has 0 bridgehead atoms. The Bertz CT molecular complexity index is 925. The fourth-order valence-corrected chi connectivity index (χ4v) is 2.74. The normalized spacial score (nSPS) is 15.7. The standard InChI is InChI=1S/C19H18N4O4/c1-20-17(25)11-5-4-6-12(9-11)21-16(24)10-15-19(27)22-14-8-3-2-7-13(14)18(26)23-15/h2-9,15H,10H2,1H3,(H,20,25)(H,21,24)(H,22,27)(H,23,26). The lowest BCUT2D eigenvalue weighted by molar-refractivity contribution is -0.122. The molecule has 0 spiro atoms. The van der Waals surface area contributed by atoms with Crippen molar-refractivity contribution < 1.29 is 19.2 Å². The topological polar surface area (TPSA) is 116 Å². The third-order valence-electron chi connectivity index (χ3n) is 4.08. The first kappa shape index (κ1) is 18.1. The van der Waals surface area contributed by atoms with Gasteiger partial charge in [-0.2, -0.15) is 0 Å². The number of carbonyl (C=O) groups is 4. The largest absolute Gasteiger partial charge is 0.355 e. The number of anilines is 2. The van der Waals surface area contributed by atoms with Crippen LogP contribution in [-0.2, 0) is 9.59 Å². The Morgan fingerprint density at radius 3 is 2.63 bits per heavy atom. The number of carbonyl (C=O) groups excluding carboxylic acids is 4. The van der Waals surface area contributed by atoms with Crippen LogP contribution in [0.25, 0.3) is 0 Å². The highest BCUT2D eigenvalue weighted by molar-refractivity contribution is 6.11. The lowest BCUT2D eigenvalue weighted by Crippen LogP contribution is -2.43. The van der Waals surface area contributed by atoms with Crippen LogP contribution >= 0.6 is 0 Å². The van der Waals surface area contributed by atoms with Gasteiger partial charge in [0.2, 0.25) is 11.8 Å². The second-order valence-electron chi connectivity index (χ2n) is 5.97. The van der Waals surface area contributed by atoms with Crippen molar-refractivity contribution in [3.8, 4) is 0 Å². The van der Waals surface area contributed by atoms with E-state index >= 15 is 0 Å². The third kappa shape index (κ3) is 4.12. The number of hydrogen-bond acceptors (Lipinski definition) is 4. The molecular weight excluding hydrogens is 348 g/mol. The molecule has 3 rings (SSSR count). The van der Waals surface area contributed by atoms with Crippen molar-refractivity contribution >= 4 is 35.0 Å². The summed E-state index contributed by atoms with van der Waals surface area (Å²) < 4.78 is 0. The van der Waals surface area contributed by atoms with Gasteiger partial charge in [0.15, 0.2) is 0 Å². The minimum atomic E-state index is -1.01. The Labute approximate surface area is 155 Å². The number of para-hydroxylation sites is 1. The molecule has 0 aromatic heterocycles. The summed E-state index contributed by atoms with van der Waals surface area (Å²) in [5.74, 6) is -1.64. The average molecular weight is 366 g/mol. The van der Waals surface area contributed by atoms with E-state index in [1.165, 1.54) is 13.1 Å². The van der Waals surface area contributed by atoms with Crippen LogP contribution in [-0.4, -0.2) is 36.7 Å². The van der Waals surface area contributed by atoms with Crippen LogP contribution in [0.15, 0.2) is 48.5 Å². The van der Waals surface area contributed by atoms with Crippen LogP contribution in [0, 0.1) is 0 Å². The monoisotopic (exact) mass is 366 g/mol. The quantitative estimate of drug-likeness (QED) is 0.649. The molecule has 8 heteroatoms. The number of nitrogens with one attached hydrogen (secondary N) is 4. The van der Waals surface area contributed by atoms with Gasteiger partial charge in [-0.15, -0.1) is 0 Å². The number of benzene rings is 2. The van der Waals surface area contributed by atoms with Crippen LogP contribution in [0.2, 0.25) is 0 Å². The second kappa shape index (κ2) is 7.69. The van der Waals surface area contributed by atoms with Gasteiger partial charge in [0.05, 0.1) is 17.7 Å². The Kier molecular flexibility index (Phi) is 5.16. The fraction of sp³-hybridized carbons (Fsp3) is 0.158. The first-order chi connectivity index (χ1) is 13.0. The molecule has 1 atom stereocenters. The lowest BCUT2D eigenvalue weighted by atomic mass is 10.1. The third-order valence-corrected chi connectivity index (χ3v) is 4.08. The highest BCUT2D eigenvalue weighted by Crippen LogP contribution is 2.19. The first-order valence-electron chi connectivity index (χ1n) is 8.30. The van der Waals surface area contributed by atoms with E-state index in [0.717, 1.165) is 0 Å². The van der Waals surface area contributed by atoms with Crippen molar-refractivity contribution in [3.05, 3.63) is 59.7 Å². The molecule has 2 aromatic rings. The summed E-state index contributed by atoms with van der Waals surface area (Å²) in [6.45, 7) is 0. The maximum absolute atomic E-state index is 12.3. The van der Waals surface area contributed by atoms with E-state index in [4.69, 9.17) is 0 Å². The fourth-order valence-electron chi connectivity index (χ4n) is 2.74. The van der Waals surface area contributed by atoms with Crippen molar-refractivity contribution in [2.24, 2.45) is 0 Å². The summed E-state index contributed by atoms with van der Waals surface area (Å²) in [4.78, 5) is 48.6. The van der Waals surface area contributed by atoms with Crippen molar-refractivity contribution in [2.45, 2.75) is 12.5 Å². The molecule has 0 aliphatic carbocycles. The molecule has 1 unspecified atom stereocenters. The first-order valence-corrected chi connectivity index (χ1v) is 8.30. The van der Waals surface area contributed by atoms with E-state index in [2.05, 4.69) is 21.3 Å². The molecule has 27 heavy (non-hydrogen) atoms. The lowest BCUT2D eigenvalue weighted by Gasteiger charge is -2.14. The van der Waals surface area contributed by atoms with Gasteiger partial charge in [-0.1, -0.05) is 18.2 Å². The van der Waals surface area contributed by atoms with Gasteiger partial charge in [-0.3, -0.25) is 19.2 Å². The van der Waals surface area contributed by atoms with Crippen LogP contribution in [0.3, 0.4) is 0 Å². The summed E-state index contributed by atoms with van der Waals surface area (Å²) in [5, 5.41) is 10.3. The molecular formula is C19H18N4O4. The molecule has 4 N–H and O–H groups in total. The summed E-state index contributed by atoms with van der Waals surface area (Å²) in [7, 11) is 1.51. The number of rotatable bonds is 4. The minimum absolute atomic E-state index is 0.240. The van der Waals surface area contributed by atoms with Gasteiger partial charge in [-0.05, 0) is 30.3 Å². The molecule has 0 saturated heterocycles. The molecule has 0 fully saturated rings. The Balaban J connectivity index is 1.69. The molecule has 1 heterocycles. The van der Waals surface area contributed by atoms with Gasteiger partial charge in [0.25, 0.3) is 11.8 Å². The van der Waals surface area contributed by atoms with E-state index < -0.39 is 23.8 Å². The zero-order valence-electron chi connectivity index (χ0n) is 14.5. The number of hydrogen-bond donors (Lipinski definition) is 4. The van der Waals surface area contributed by atoms with Gasteiger partial charge in [-0.25, -0.2) is 0 Å². The van der Waals surface area contributed by atoms with Crippen molar-refractivity contribution in [1.29, 1.82) is 0 Å². The van der Waals surface area contributed by atoms with E-state index in [1.54, 1.807) is 42.5 Å². The van der Waals surface area contributed by atoms with Gasteiger partial charge >= 0.3 is 0 Å². The molecule has 1 aliphatic rings. The Morgan fingerprint density at radius 1 is 1.07 bits per heavy atom. The number of fused-ring (bicyclic) bond motifs is 1.